The number of nitrogens with zero attached hydrogens (tertiary/aromatic N) is 1. The lowest BCUT2D eigenvalue weighted by atomic mass is 10.1. The molecule has 0 bridgehead atoms. The number of hydrogen-bond donors (Lipinski definition) is 1. The number of fused-ring (bicyclic) bond motifs is 1. The average molecular weight is 420 g/mol. The molecule has 6 heteroatoms. The Balaban J connectivity index is 1.56. The Morgan fingerprint density at radius 1 is 1.03 bits per heavy atom. The number of benzene rings is 3. The summed E-state index contributed by atoms with van der Waals surface area (Å²) in [6.45, 7) is 0.276. The maximum absolute atomic E-state index is 11.1. The fourth-order valence-electron chi connectivity index (χ4n) is 3.18. The van der Waals surface area contributed by atoms with Gasteiger partial charge >= 0.3 is 5.97 Å². The predicted molar refractivity (Wildman–Crippen MR) is 116 cm³/mol. The highest BCUT2D eigenvalue weighted by atomic mass is 35.5. The monoisotopic (exact) mass is 419 g/mol. The molecule has 0 spiro atoms. The summed E-state index contributed by atoms with van der Waals surface area (Å²) in [5.74, 6) is 0.418. The summed E-state index contributed by atoms with van der Waals surface area (Å²) in [5.41, 5.74) is 3.35. The molecular formula is C24H18ClNO4. The molecule has 0 atom stereocenters. The second-order valence-corrected chi connectivity index (χ2v) is 7.07. The third kappa shape index (κ3) is 4.07. The van der Waals surface area contributed by atoms with E-state index in [4.69, 9.17) is 31.2 Å². The van der Waals surface area contributed by atoms with Crippen LogP contribution in [0.5, 0.6) is 11.5 Å². The van der Waals surface area contributed by atoms with Crippen molar-refractivity contribution < 1.29 is 19.4 Å². The third-order valence-electron chi connectivity index (χ3n) is 4.70. The number of para-hydroxylation sites is 1. The van der Waals surface area contributed by atoms with Crippen LogP contribution in [0.15, 0.2) is 72.8 Å². The Hall–Kier alpha value is -3.57. The van der Waals surface area contributed by atoms with Gasteiger partial charge in [-0.1, -0.05) is 29.8 Å². The lowest BCUT2D eigenvalue weighted by Gasteiger charge is -2.11. The molecule has 0 aliphatic heterocycles. The van der Waals surface area contributed by atoms with Gasteiger partial charge in [-0.05, 0) is 54.1 Å². The summed E-state index contributed by atoms with van der Waals surface area (Å²) in [4.78, 5) is 15.8. The summed E-state index contributed by atoms with van der Waals surface area (Å²) in [6, 6.07) is 21.7. The maximum atomic E-state index is 11.1. The number of hydrogen-bond acceptors (Lipinski definition) is 4. The lowest BCUT2D eigenvalue weighted by Crippen LogP contribution is -2.00. The number of ether oxygens (including phenoxy) is 2. The van der Waals surface area contributed by atoms with E-state index in [1.54, 1.807) is 31.4 Å². The van der Waals surface area contributed by atoms with Crippen molar-refractivity contribution in [1.29, 1.82) is 0 Å². The Morgan fingerprint density at radius 3 is 2.53 bits per heavy atom. The molecular weight excluding hydrogens is 402 g/mol. The van der Waals surface area contributed by atoms with Crippen LogP contribution in [-0.2, 0) is 6.61 Å². The second kappa shape index (κ2) is 8.43. The molecule has 0 fully saturated rings. The van der Waals surface area contributed by atoms with E-state index in [0.29, 0.717) is 22.0 Å². The zero-order chi connectivity index (χ0) is 21.1. The molecule has 30 heavy (non-hydrogen) atoms. The minimum atomic E-state index is -0.959. The van der Waals surface area contributed by atoms with Crippen molar-refractivity contribution in [3.8, 4) is 22.8 Å². The first-order chi connectivity index (χ1) is 14.5. The highest BCUT2D eigenvalue weighted by molar-refractivity contribution is 6.35. The topological polar surface area (TPSA) is 68.7 Å². The van der Waals surface area contributed by atoms with Gasteiger partial charge in [-0.2, -0.15) is 0 Å². The maximum Gasteiger partial charge on any atom is 0.335 e. The molecule has 1 N–H and O–H groups in total. The van der Waals surface area contributed by atoms with Crippen LogP contribution in [0.1, 0.15) is 15.9 Å². The number of halogens is 1. The fourth-order valence-corrected chi connectivity index (χ4v) is 3.40. The van der Waals surface area contributed by atoms with E-state index in [9.17, 15) is 4.79 Å². The van der Waals surface area contributed by atoms with Crippen LogP contribution in [0.3, 0.4) is 0 Å². The fraction of sp³-hybridized carbons (Fsp3) is 0.0833. The molecule has 1 heterocycles. The normalized spacial score (nSPS) is 10.7. The summed E-state index contributed by atoms with van der Waals surface area (Å²) >= 11 is 6.33. The van der Waals surface area contributed by atoms with Crippen molar-refractivity contribution in [1.82, 2.24) is 4.98 Å². The molecule has 0 aliphatic rings. The lowest BCUT2D eigenvalue weighted by molar-refractivity contribution is 0.0696. The molecule has 4 aromatic rings. The van der Waals surface area contributed by atoms with Gasteiger partial charge in [-0.25, -0.2) is 9.78 Å². The standard InChI is InChI=1S/C24H18ClNO4/c1-29-22-13-21(26-23-19(22)6-3-7-20(23)25)16-8-10-18(11-9-16)30-14-15-4-2-5-17(12-15)24(27)28/h2-13H,14H2,1H3,(H,27,28). The van der Waals surface area contributed by atoms with E-state index in [-0.39, 0.29) is 12.2 Å². The number of carboxylic acids is 1. The van der Waals surface area contributed by atoms with Gasteiger partial charge < -0.3 is 14.6 Å². The summed E-state index contributed by atoms with van der Waals surface area (Å²) in [5, 5.41) is 10.5. The Morgan fingerprint density at radius 2 is 1.80 bits per heavy atom. The van der Waals surface area contributed by atoms with Crippen LogP contribution in [0.4, 0.5) is 0 Å². The van der Waals surface area contributed by atoms with Crippen molar-refractivity contribution in [2.24, 2.45) is 0 Å². The minimum Gasteiger partial charge on any atom is -0.496 e. The molecule has 150 valence electrons. The quantitative estimate of drug-likeness (QED) is 0.425. The van der Waals surface area contributed by atoms with Crippen LogP contribution in [-0.4, -0.2) is 23.2 Å². The molecule has 0 amide bonds. The first-order valence-corrected chi connectivity index (χ1v) is 9.61. The van der Waals surface area contributed by atoms with Crippen molar-refractivity contribution in [2.75, 3.05) is 7.11 Å². The van der Waals surface area contributed by atoms with Crippen LogP contribution in [0.2, 0.25) is 5.02 Å². The molecule has 4 rings (SSSR count). The predicted octanol–water partition coefficient (Wildman–Crippen LogP) is 5.84. The molecule has 3 aromatic carbocycles. The summed E-state index contributed by atoms with van der Waals surface area (Å²) in [6.07, 6.45) is 0. The highest BCUT2D eigenvalue weighted by Crippen LogP contribution is 2.33. The number of methoxy groups -OCH3 is 1. The van der Waals surface area contributed by atoms with Crippen LogP contribution >= 0.6 is 11.6 Å². The van der Waals surface area contributed by atoms with Crippen molar-refractivity contribution in [3.05, 3.63) is 88.9 Å². The van der Waals surface area contributed by atoms with Gasteiger partial charge in [-0.3, -0.25) is 0 Å². The van der Waals surface area contributed by atoms with Gasteiger partial charge in [0, 0.05) is 17.0 Å². The number of aromatic nitrogens is 1. The number of rotatable bonds is 6. The van der Waals surface area contributed by atoms with Gasteiger partial charge in [-0.15, -0.1) is 0 Å². The third-order valence-corrected chi connectivity index (χ3v) is 5.01. The molecule has 0 saturated carbocycles. The van der Waals surface area contributed by atoms with Gasteiger partial charge in [0.2, 0.25) is 0 Å². The first kappa shape index (κ1) is 19.7. The van der Waals surface area contributed by atoms with Crippen LogP contribution in [0.25, 0.3) is 22.2 Å². The largest absolute Gasteiger partial charge is 0.496 e. The van der Waals surface area contributed by atoms with Gasteiger partial charge in [0.25, 0.3) is 0 Å². The smallest absolute Gasteiger partial charge is 0.335 e. The van der Waals surface area contributed by atoms with Gasteiger partial charge in [0.1, 0.15) is 18.1 Å². The molecule has 0 saturated heterocycles. The zero-order valence-corrected chi connectivity index (χ0v) is 16.9. The SMILES string of the molecule is COc1cc(-c2ccc(OCc3cccc(C(=O)O)c3)cc2)nc2c(Cl)cccc12. The van der Waals surface area contributed by atoms with Crippen molar-refractivity contribution in [3.63, 3.8) is 0 Å². The van der Waals surface area contributed by atoms with Gasteiger partial charge in [0.15, 0.2) is 0 Å². The summed E-state index contributed by atoms with van der Waals surface area (Å²) in [7, 11) is 1.62. The number of carbonyl (C=O) groups is 1. The second-order valence-electron chi connectivity index (χ2n) is 6.66. The molecule has 5 nitrogen and oxygen atoms in total. The van der Waals surface area contributed by atoms with Crippen LogP contribution < -0.4 is 9.47 Å². The van der Waals surface area contributed by atoms with E-state index in [0.717, 1.165) is 22.2 Å². The van der Waals surface area contributed by atoms with Crippen molar-refractivity contribution >= 4 is 28.5 Å². The van der Waals surface area contributed by atoms with E-state index in [1.807, 2.05) is 48.5 Å². The zero-order valence-electron chi connectivity index (χ0n) is 16.1. The summed E-state index contributed by atoms with van der Waals surface area (Å²) < 4.78 is 11.3. The van der Waals surface area contributed by atoms with Crippen LogP contribution in [0, 0.1) is 0 Å². The number of pyridine rings is 1. The Labute approximate surface area is 178 Å². The Bertz CT molecular complexity index is 1220. The van der Waals surface area contributed by atoms with Crippen molar-refractivity contribution in [2.45, 2.75) is 6.61 Å². The Kier molecular flexibility index (Phi) is 5.55. The number of aromatic carboxylic acids is 1. The van der Waals surface area contributed by atoms with E-state index >= 15 is 0 Å². The number of carboxylic acid groups (broad SMARTS) is 1. The minimum absolute atomic E-state index is 0.237. The van der Waals surface area contributed by atoms with Gasteiger partial charge in [0.05, 0.1) is 28.9 Å². The average Bonchev–Trinajstić information content (AvgIpc) is 2.78. The molecule has 0 radical (unpaired) electrons. The van der Waals surface area contributed by atoms with E-state index in [2.05, 4.69) is 0 Å². The van der Waals surface area contributed by atoms with E-state index < -0.39 is 5.97 Å². The molecule has 0 unspecified atom stereocenters. The first-order valence-electron chi connectivity index (χ1n) is 9.24. The molecule has 1 aromatic heterocycles. The van der Waals surface area contributed by atoms with E-state index in [1.165, 1.54) is 0 Å². The highest BCUT2D eigenvalue weighted by Gasteiger charge is 2.11. The molecule has 0 aliphatic carbocycles.